The Morgan fingerprint density at radius 1 is 1.10 bits per heavy atom. The molecule has 0 aromatic heterocycles. The van der Waals surface area contributed by atoms with Crippen LogP contribution < -0.4 is 0 Å². The molecule has 29 heavy (non-hydrogen) atoms. The standard InChI is InChI=1S/C21H24ClF5O2/c1-6-11-13(12(7-2)18(24)10(3)17(11)23)9-29-19(28)16-14(20(16,4)5)8-15(22)21(25,26)27/h8,14,16H,6-7,9H2,1-5H3/b15-8-/t14-,16-/m0/s1. The maximum Gasteiger partial charge on any atom is 0.426 e. The Balaban J connectivity index is 2.24. The van der Waals surface area contributed by atoms with Crippen LogP contribution in [0.4, 0.5) is 22.0 Å². The van der Waals surface area contributed by atoms with E-state index in [1.54, 1.807) is 27.7 Å². The predicted molar refractivity (Wildman–Crippen MR) is 100 cm³/mol. The number of esters is 1. The monoisotopic (exact) mass is 438 g/mol. The zero-order valence-electron chi connectivity index (χ0n) is 16.9. The molecule has 2 rings (SSSR count). The van der Waals surface area contributed by atoms with Gasteiger partial charge in [0.2, 0.25) is 0 Å². The Labute approximate surface area is 172 Å². The van der Waals surface area contributed by atoms with Crippen LogP contribution in [0.3, 0.4) is 0 Å². The van der Waals surface area contributed by atoms with Crippen molar-refractivity contribution < 1.29 is 31.5 Å². The molecule has 1 saturated carbocycles. The van der Waals surface area contributed by atoms with Gasteiger partial charge in [0, 0.05) is 11.1 Å². The number of allylic oxidation sites excluding steroid dienone is 2. The molecule has 1 aromatic rings. The first-order chi connectivity index (χ1) is 13.3. The molecule has 0 heterocycles. The normalized spacial score (nSPS) is 21.3. The second kappa shape index (κ2) is 8.25. The van der Waals surface area contributed by atoms with Crippen molar-refractivity contribution in [3.05, 3.63) is 45.0 Å². The second-order valence-corrected chi connectivity index (χ2v) is 8.25. The SMILES string of the molecule is CCc1c(F)c(C)c(F)c(CC)c1COC(=O)[C@@H]1[C@H](/C=C(\Cl)C(F)(F)F)C1(C)C. The van der Waals surface area contributed by atoms with Gasteiger partial charge >= 0.3 is 12.1 Å². The smallest absolute Gasteiger partial charge is 0.426 e. The Hall–Kier alpha value is -1.63. The summed E-state index contributed by atoms with van der Waals surface area (Å²) in [5.74, 6) is -3.59. The molecule has 0 saturated heterocycles. The van der Waals surface area contributed by atoms with Crippen molar-refractivity contribution in [3.8, 4) is 0 Å². The van der Waals surface area contributed by atoms with E-state index in [0.717, 1.165) is 6.08 Å². The number of halogens is 6. The zero-order chi connectivity index (χ0) is 22.3. The number of hydrogen-bond donors (Lipinski definition) is 0. The minimum Gasteiger partial charge on any atom is -0.461 e. The minimum atomic E-state index is -4.68. The molecule has 2 atom stereocenters. The highest BCUT2D eigenvalue weighted by Crippen LogP contribution is 2.60. The molecule has 0 unspecified atom stereocenters. The van der Waals surface area contributed by atoms with E-state index < -0.39 is 46.1 Å². The fourth-order valence-electron chi connectivity index (χ4n) is 3.83. The summed E-state index contributed by atoms with van der Waals surface area (Å²) in [6.07, 6.45) is -3.28. The topological polar surface area (TPSA) is 26.3 Å². The molecule has 0 N–H and O–H groups in total. The molecule has 1 fully saturated rings. The molecule has 0 aliphatic heterocycles. The number of ether oxygens (including phenoxy) is 1. The highest BCUT2D eigenvalue weighted by Gasteiger charge is 2.62. The van der Waals surface area contributed by atoms with Gasteiger partial charge in [0.15, 0.2) is 0 Å². The van der Waals surface area contributed by atoms with Crippen molar-refractivity contribution in [2.75, 3.05) is 0 Å². The van der Waals surface area contributed by atoms with Crippen molar-refractivity contribution in [2.24, 2.45) is 17.3 Å². The third kappa shape index (κ3) is 4.44. The molecule has 162 valence electrons. The first-order valence-electron chi connectivity index (χ1n) is 9.38. The molecule has 0 amide bonds. The molecule has 0 spiro atoms. The summed E-state index contributed by atoms with van der Waals surface area (Å²) in [7, 11) is 0. The first-order valence-corrected chi connectivity index (χ1v) is 9.76. The Kier molecular flexibility index (Phi) is 6.72. The molecule has 8 heteroatoms. The Morgan fingerprint density at radius 2 is 1.59 bits per heavy atom. The summed E-state index contributed by atoms with van der Waals surface area (Å²) in [5.41, 5.74) is 0.000193. The molecular formula is C21H24ClF5O2. The Bertz CT molecular complexity index is 811. The average Bonchev–Trinajstić information content (AvgIpc) is 3.17. The number of alkyl halides is 3. The van der Waals surface area contributed by atoms with Crippen LogP contribution in [-0.2, 0) is 29.0 Å². The van der Waals surface area contributed by atoms with Crippen LogP contribution in [0.2, 0.25) is 0 Å². The molecule has 1 aromatic carbocycles. The number of carbonyl (C=O) groups is 1. The highest BCUT2D eigenvalue weighted by molar-refractivity contribution is 6.30. The molecule has 0 radical (unpaired) electrons. The summed E-state index contributed by atoms with van der Waals surface area (Å²) < 4.78 is 72.2. The van der Waals surface area contributed by atoms with Gasteiger partial charge in [-0.1, -0.05) is 45.4 Å². The van der Waals surface area contributed by atoms with Crippen LogP contribution in [0.5, 0.6) is 0 Å². The van der Waals surface area contributed by atoms with Gasteiger partial charge in [0.1, 0.15) is 23.3 Å². The van der Waals surface area contributed by atoms with Gasteiger partial charge in [-0.25, -0.2) is 8.78 Å². The first kappa shape index (κ1) is 23.6. The second-order valence-electron chi connectivity index (χ2n) is 7.84. The van der Waals surface area contributed by atoms with Crippen LogP contribution in [0.15, 0.2) is 11.1 Å². The van der Waals surface area contributed by atoms with Crippen LogP contribution in [0, 0.1) is 35.8 Å². The molecule has 1 aliphatic rings. The van der Waals surface area contributed by atoms with Gasteiger partial charge in [-0.05, 0) is 42.2 Å². The lowest BCUT2D eigenvalue weighted by Crippen LogP contribution is -2.15. The fourth-order valence-corrected chi connectivity index (χ4v) is 3.97. The fraction of sp³-hybridized carbons (Fsp3) is 0.571. The van der Waals surface area contributed by atoms with Gasteiger partial charge in [-0.2, -0.15) is 13.2 Å². The molecular weight excluding hydrogens is 415 g/mol. The van der Waals surface area contributed by atoms with Gasteiger partial charge in [0.05, 0.1) is 5.92 Å². The van der Waals surface area contributed by atoms with Gasteiger partial charge in [-0.3, -0.25) is 4.79 Å². The van der Waals surface area contributed by atoms with E-state index in [0.29, 0.717) is 0 Å². The van der Waals surface area contributed by atoms with Crippen molar-refractivity contribution >= 4 is 17.6 Å². The van der Waals surface area contributed by atoms with Crippen molar-refractivity contribution in [1.29, 1.82) is 0 Å². The number of carbonyl (C=O) groups excluding carboxylic acids is 1. The molecule has 2 nitrogen and oxygen atoms in total. The summed E-state index contributed by atoms with van der Waals surface area (Å²) >= 11 is 5.29. The van der Waals surface area contributed by atoms with Gasteiger partial charge in [-0.15, -0.1) is 0 Å². The third-order valence-electron chi connectivity index (χ3n) is 5.74. The maximum atomic E-state index is 14.5. The molecule has 1 aliphatic carbocycles. The van der Waals surface area contributed by atoms with Gasteiger partial charge in [0.25, 0.3) is 0 Å². The minimum absolute atomic E-state index is 0.0795. The Morgan fingerprint density at radius 3 is 2.00 bits per heavy atom. The van der Waals surface area contributed by atoms with Crippen LogP contribution >= 0.6 is 11.6 Å². The lowest BCUT2D eigenvalue weighted by molar-refractivity contribution is -0.147. The van der Waals surface area contributed by atoms with Crippen molar-refractivity contribution in [1.82, 2.24) is 0 Å². The lowest BCUT2D eigenvalue weighted by atomic mass is 9.93. The summed E-state index contributed by atoms with van der Waals surface area (Å²) in [5, 5.41) is -1.28. The largest absolute Gasteiger partial charge is 0.461 e. The van der Waals surface area contributed by atoms with E-state index >= 15 is 0 Å². The number of rotatable bonds is 6. The van der Waals surface area contributed by atoms with Gasteiger partial charge < -0.3 is 4.74 Å². The third-order valence-corrected chi connectivity index (χ3v) is 6.08. The predicted octanol–water partition coefficient (Wildman–Crippen LogP) is 6.40. The van der Waals surface area contributed by atoms with Crippen LogP contribution in [-0.4, -0.2) is 12.1 Å². The highest BCUT2D eigenvalue weighted by atomic mass is 35.5. The number of benzene rings is 1. The van der Waals surface area contributed by atoms with Crippen LogP contribution in [0.25, 0.3) is 0 Å². The average molecular weight is 439 g/mol. The quantitative estimate of drug-likeness (QED) is 0.379. The van der Waals surface area contributed by atoms with E-state index in [9.17, 15) is 26.7 Å². The number of hydrogen-bond acceptors (Lipinski definition) is 2. The maximum absolute atomic E-state index is 14.5. The van der Waals surface area contributed by atoms with E-state index in [2.05, 4.69) is 0 Å². The lowest BCUT2D eigenvalue weighted by Gasteiger charge is -2.18. The molecule has 0 bridgehead atoms. The van der Waals surface area contributed by atoms with Crippen molar-refractivity contribution in [2.45, 2.75) is 60.2 Å². The summed E-state index contributed by atoms with van der Waals surface area (Å²) in [6.45, 7) is 7.72. The van der Waals surface area contributed by atoms with Crippen LogP contribution in [0.1, 0.15) is 49.9 Å². The summed E-state index contributed by atoms with van der Waals surface area (Å²) in [4.78, 5) is 12.5. The van der Waals surface area contributed by atoms with E-state index in [4.69, 9.17) is 16.3 Å². The summed E-state index contributed by atoms with van der Waals surface area (Å²) in [6, 6.07) is 0. The van der Waals surface area contributed by atoms with E-state index in [-0.39, 0.29) is 41.7 Å². The van der Waals surface area contributed by atoms with E-state index in [1.807, 2.05) is 0 Å². The zero-order valence-corrected chi connectivity index (χ0v) is 17.7. The van der Waals surface area contributed by atoms with Crippen molar-refractivity contribution in [3.63, 3.8) is 0 Å². The van der Waals surface area contributed by atoms with E-state index in [1.165, 1.54) is 6.92 Å².